The number of rotatable bonds is 1. The summed E-state index contributed by atoms with van der Waals surface area (Å²) in [5.74, 6) is 0.671. The summed E-state index contributed by atoms with van der Waals surface area (Å²) < 4.78 is 6.53. The maximum Gasteiger partial charge on any atom is 0.160 e. The number of hydrogen-bond acceptors (Lipinski definition) is 4. The number of hydrogen-bond donors (Lipinski definition) is 0. The molecule has 1 aromatic rings. The molecular weight excluding hydrogens is 330 g/mol. The molecule has 0 aliphatic carbocycles. The van der Waals surface area contributed by atoms with Gasteiger partial charge in [0.15, 0.2) is 5.82 Å². The van der Waals surface area contributed by atoms with E-state index in [1.54, 1.807) is 0 Å². The van der Waals surface area contributed by atoms with Gasteiger partial charge in [-0.05, 0) is 23.0 Å². The molecule has 0 amide bonds. The Morgan fingerprint density at radius 1 is 1.37 bits per heavy atom. The standard InChI is InChI=1S/C13H19BrClN3O/c1-13(2,3)10-9(14)11(15)17-12(16-10)8-7-18(4)5-6-19-8/h8H,5-7H2,1-4H3. The molecule has 19 heavy (non-hydrogen) atoms. The fourth-order valence-corrected chi connectivity index (χ4v) is 2.96. The third kappa shape index (κ3) is 3.45. The predicted octanol–water partition coefficient (Wildman–Crippen LogP) is 3.19. The van der Waals surface area contributed by atoms with E-state index in [9.17, 15) is 0 Å². The topological polar surface area (TPSA) is 38.2 Å². The minimum absolute atomic E-state index is 0.0965. The second-order valence-corrected chi connectivity index (χ2v) is 7.06. The van der Waals surface area contributed by atoms with Crippen LogP contribution in [0.15, 0.2) is 4.47 Å². The molecule has 2 rings (SSSR count). The Morgan fingerprint density at radius 2 is 2.05 bits per heavy atom. The molecule has 1 aliphatic heterocycles. The first-order valence-electron chi connectivity index (χ1n) is 6.32. The minimum atomic E-state index is -0.106. The highest BCUT2D eigenvalue weighted by molar-refractivity contribution is 9.10. The van der Waals surface area contributed by atoms with Crippen LogP contribution in [0, 0.1) is 0 Å². The molecule has 2 heterocycles. The van der Waals surface area contributed by atoms with Gasteiger partial charge in [0.05, 0.1) is 16.8 Å². The van der Waals surface area contributed by atoms with Gasteiger partial charge >= 0.3 is 0 Å². The van der Waals surface area contributed by atoms with Crippen LogP contribution in [-0.4, -0.2) is 41.6 Å². The number of aromatic nitrogens is 2. The van der Waals surface area contributed by atoms with Gasteiger partial charge in [-0.15, -0.1) is 0 Å². The molecular formula is C13H19BrClN3O. The van der Waals surface area contributed by atoms with Crippen molar-refractivity contribution in [3.05, 3.63) is 21.1 Å². The van der Waals surface area contributed by atoms with E-state index in [-0.39, 0.29) is 11.5 Å². The monoisotopic (exact) mass is 347 g/mol. The maximum absolute atomic E-state index is 6.21. The summed E-state index contributed by atoms with van der Waals surface area (Å²) in [4.78, 5) is 11.2. The van der Waals surface area contributed by atoms with Gasteiger partial charge in [-0.2, -0.15) is 0 Å². The van der Waals surface area contributed by atoms with Crippen LogP contribution in [0.5, 0.6) is 0 Å². The predicted molar refractivity (Wildman–Crippen MR) is 79.6 cm³/mol. The van der Waals surface area contributed by atoms with Crippen LogP contribution < -0.4 is 0 Å². The van der Waals surface area contributed by atoms with Crippen LogP contribution in [0.1, 0.15) is 38.4 Å². The first-order valence-corrected chi connectivity index (χ1v) is 7.49. The summed E-state index contributed by atoms with van der Waals surface area (Å²) in [5.41, 5.74) is 0.820. The molecule has 0 saturated carbocycles. The molecule has 1 unspecified atom stereocenters. The quantitative estimate of drug-likeness (QED) is 0.731. The van der Waals surface area contributed by atoms with E-state index in [2.05, 4.69) is 58.6 Å². The Hall–Kier alpha value is -0.230. The molecule has 1 fully saturated rings. The Labute approximate surface area is 127 Å². The van der Waals surface area contributed by atoms with E-state index in [1.807, 2.05) is 0 Å². The van der Waals surface area contributed by atoms with Crippen molar-refractivity contribution in [3.8, 4) is 0 Å². The van der Waals surface area contributed by atoms with Gasteiger partial charge in [-0.1, -0.05) is 32.4 Å². The number of ether oxygens (including phenoxy) is 1. The zero-order valence-electron chi connectivity index (χ0n) is 11.7. The first-order chi connectivity index (χ1) is 8.79. The maximum atomic E-state index is 6.21. The summed E-state index contributed by atoms with van der Waals surface area (Å²) in [6.07, 6.45) is -0.106. The lowest BCUT2D eigenvalue weighted by Crippen LogP contribution is -2.36. The van der Waals surface area contributed by atoms with Crippen molar-refractivity contribution >= 4 is 27.5 Å². The molecule has 4 nitrogen and oxygen atoms in total. The van der Waals surface area contributed by atoms with E-state index >= 15 is 0 Å². The van der Waals surface area contributed by atoms with Crippen molar-refractivity contribution in [2.45, 2.75) is 32.3 Å². The lowest BCUT2D eigenvalue weighted by atomic mass is 9.92. The molecule has 0 bridgehead atoms. The lowest BCUT2D eigenvalue weighted by molar-refractivity contribution is -0.0256. The molecule has 1 aromatic heterocycles. The average molecular weight is 349 g/mol. The summed E-state index contributed by atoms with van der Waals surface area (Å²) in [5, 5.41) is 0.451. The fraction of sp³-hybridized carbons (Fsp3) is 0.692. The summed E-state index contributed by atoms with van der Waals surface area (Å²) in [6.45, 7) is 8.74. The van der Waals surface area contributed by atoms with E-state index in [4.69, 9.17) is 16.3 Å². The second kappa shape index (κ2) is 5.64. The zero-order valence-corrected chi connectivity index (χ0v) is 14.0. The fourth-order valence-electron chi connectivity index (χ4n) is 2.01. The summed E-state index contributed by atoms with van der Waals surface area (Å²) in [7, 11) is 2.07. The van der Waals surface area contributed by atoms with Crippen molar-refractivity contribution in [1.82, 2.24) is 14.9 Å². The van der Waals surface area contributed by atoms with Crippen molar-refractivity contribution in [2.75, 3.05) is 26.7 Å². The molecule has 0 aromatic carbocycles. The van der Waals surface area contributed by atoms with E-state index in [0.29, 0.717) is 17.6 Å². The minimum Gasteiger partial charge on any atom is -0.368 e. The van der Waals surface area contributed by atoms with Gasteiger partial charge in [0, 0.05) is 18.5 Å². The third-order valence-electron chi connectivity index (χ3n) is 3.10. The molecule has 6 heteroatoms. The first kappa shape index (κ1) is 15.2. The van der Waals surface area contributed by atoms with Crippen LogP contribution in [0.4, 0.5) is 0 Å². The van der Waals surface area contributed by atoms with Gasteiger partial charge in [0.1, 0.15) is 11.3 Å². The Balaban J connectivity index is 2.39. The third-order valence-corrected chi connectivity index (χ3v) is 4.35. The number of likely N-dealkylation sites (N-methyl/N-ethyl adjacent to an activating group) is 1. The summed E-state index contributed by atoms with van der Waals surface area (Å²) >= 11 is 9.69. The highest BCUT2D eigenvalue weighted by Gasteiger charge is 2.27. The van der Waals surface area contributed by atoms with Gasteiger partial charge in [-0.3, -0.25) is 0 Å². The van der Waals surface area contributed by atoms with Crippen molar-refractivity contribution in [3.63, 3.8) is 0 Å². The SMILES string of the molecule is CN1CCOC(c2nc(Cl)c(Br)c(C(C)(C)C)n2)C1. The smallest absolute Gasteiger partial charge is 0.160 e. The number of halogens is 2. The molecule has 0 N–H and O–H groups in total. The molecule has 1 saturated heterocycles. The number of morpholine rings is 1. The second-order valence-electron chi connectivity index (χ2n) is 5.91. The molecule has 1 aliphatic rings. The van der Waals surface area contributed by atoms with Gasteiger partial charge in [0.2, 0.25) is 0 Å². The Bertz CT molecular complexity index is 476. The zero-order chi connectivity index (χ0) is 14.2. The Kier molecular flexibility index (Phi) is 4.50. The van der Waals surface area contributed by atoms with E-state index < -0.39 is 0 Å². The molecule has 106 valence electrons. The van der Waals surface area contributed by atoms with Crippen LogP contribution >= 0.6 is 27.5 Å². The van der Waals surface area contributed by atoms with Crippen molar-refractivity contribution < 1.29 is 4.74 Å². The van der Waals surface area contributed by atoms with Crippen LogP contribution in [0.25, 0.3) is 0 Å². The van der Waals surface area contributed by atoms with Crippen LogP contribution in [0.2, 0.25) is 5.15 Å². The van der Waals surface area contributed by atoms with Crippen LogP contribution in [-0.2, 0) is 10.2 Å². The van der Waals surface area contributed by atoms with Gasteiger partial charge < -0.3 is 9.64 Å². The van der Waals surface area contributed by atoms with E-state index in [0.717, 1.165) is 23.3 Å². The highest BCUT2D eigenvalue weighted by Crippen LogP contribution is 2.33. The Morgan fingerprint density at radius 3 is 2.63 bits per heavy atom. The lowest BCUT2D eigenvalue weighted by Gasteiger charge is -2.30. The van der Waals surface area contributed by atoms with Gasteiger partial charge in [-0.25, -0.2) is 9.97 Å². The van der Waals surface area contributed by atoms with Crippen molar-refractivity contribution in [2.24, 2.45) is 0 Å². The summed E-state index contributed by atoms with van der Waals surface area (Å²) in [6, 6.07) is 0. The van der Waals surface area contributed by atoms with Crippen molar-refractivity contribution in [1.29, 1.82) is 0 Å². The molecule has 0 radical (unpaired) electrons. The molecule has 1 atom stereocenters. The highest BCUT2D eigenvalue weighted by atomic mass is 79.9. The largest absolute Gasteiger partial charge is 0.368 e. The molecule has 0 spiro atoms. The average Bonchev–Trinajstić information content (AvgIpc) is 2.31. The number of nitrogens with zero attached hydrogens (tertiary/aromatic N) is 3. The van der Waals surface area contributed by atoms with Crippen LogP contribution in [0.3, 0.4) is 0 Å². The van der Waals surface area contributed by atoms with Gasteiger partial charge in [0.25, 0.3) is 0 Å². The normalized spacial score (nSPS) is 21.7. The van der Waals surface area contributed by atoms with E-state index in [1.165, 1.54) is 0 Å².